The molecule has 0 radical (unpaired) electrons. The van der Waals surface area contributed by atoms with Crippen molar-refractivity contribution >= 4 is 16.8 Å². The fourth-order valence-electron chi connectivity index (χ4n) is 3.95. The largest absolute Gasteiger partial charge is 0.356 e. The van der Waals surface area contributed by atoms with Gasteiger partial charge in [-0.25, -0.2) is 0 Å². The molecule has 0 aliphatic heterocycles. The molecule has 4 aromatic rings. The van der Waals surface area contributed by atoms with E-state index in [0.29, 0.717) is 13.0 Å². The third-order valence-corrected chi connectivity index (χ3v) is 5.67. The van der Waals surface area contributed by atoms with Crippen LogP contribution in [0.5, 0.6) is 0 Å². The molecule has 3 heteroatoms. The number of aromatic nitrogens is 1. The molecular weight excluding hydrogens is 368 g/mol. The first-order valence-electron chi connectivity index (χ1n) is 10.6. The Bertz CT molecular complexity index is 1130. The van der Waals surface area contributed by atoms with Gasteiger partial charge in [0, 0.05) is 36.6 Å². The van der Waals surface area contributed by atoms with Crippen LogP contribution in [0.25, 0.3) is 10.9 Å². The van der Waals surface area contributed by atoms with Crippen LogP contribution < -0.4 is 5.32 Å². The highest BCUT2D eigenvalue weighted by molar-refractivity contribution is 5.85. The van der Waals surface area contributed by atoms with Crippen molar-refractivity contribution in [2.45, 2.75) is 32.7 Å². The molecule has 4 rings (SSSR count). The third-order valence-electron chi connectivity index (χ3n) is 5.67. The Morgan fingerprint density at radius 2 is 1.57 bits per heavy atom. The number of fused-ring (bicyclic) bond motifs is 1. The average Bonchev–Trinajstić information content (AvgIpc) is 3.12. The second-order valence-corrected chi connectivity index (χ2v) is 7.81. The lowest BCUT2D eigenvalue weighted by Gasteiger charge is -2.08. The van der Waals surface area contributed by atoms with E-state index in [0.717, 1.165) is 19.4 Å². The summed E-state index contributed by atoms with van der Waals surface area (Å²) in [6.07, 6.45) is 4.34. The van der Waals surface area contributed by atoms with Crippen molar-refractivity contribution in [1.29, 1.82) is 0 Å². The summed E-state index contributed by atoms with van der Waals surface area (Å²) in [7, 11) is 0. The van der Waals surface area contributed by atoms with Gasteiger partial charge in [-0.05, 0) is 48.1 Å². The van der Waals surface area contributed by atoms with E-state index in [1.165, 1.54) is 33.2 Å². The van der Waals surface area contributed by atoms with Gasteiger partial charge in [-0.15, -0.1) is 0 Å². The zero-order chi connectivity index (χ0) is 20.8. The van der Waals surface area contributed by atoms with Crippen LogP contribution in [-0.2, 0) is 24.2 Å². The van der Waals surface area contributed by atoms with Crippen LogP contribution in [0.2, 0.25) is 0 Å². The Kier molecular flexibility index (Phi) is 6.29. The van der Waals surface area contributed by atoms with Gasteiger partial charge in [-0.2, -0.15) is 0 Å². The molecule has 0 fully saturated rings. The number of para-hydroxylation sites is 1. The van der Waals surface area contributed by atoms with E-state index in [9.17, 15) is 4.79 Å². The van der Waals surface area contributed by atoms with Gasteiger partial charge in [0.1, 0.15) is 0 Å². The molecule has 1 heterocycles. The molecule has 0 bridgehead atoms. The summed E-state index contributed by atoms with van der Waals surface area (Å²) in [5, 5.41) is 4.30. The van der Waals surface area contributed by atoms with Crippen LogP contribution in [0, 0.1) is 6.92 Å². The first-order chi connectivity index (χ1) is 14.7. The number of benzene rings is 3. The molecule has 0 unspecified atom stereocenters. The van der Waals surface area contributed by atoms with Crippen molar-refractivity contribution in [3.05, 3.63) is 107 Å². The molecule has 0 saturated carbocycles. The van der Waals surface area contributed by atoms with Crippen molar-refractivity contribution in [1.82, 2.24) is 9.88 Å². The Balaban J connectivity index is 1.40. The molecule has 0 aliphatic carbocycles. The average molecular weight is 397 g/mol. The number of rotatable bonds is 8. The van der Waals surface area contributed by atoms with Gasteiger partial charge in [-0.3, -0.25) is 4.79 Å². The molecule has 30 heavy (non-hydrogen) atoms. The van der Waals surface area contributed by atoms with E-state index >= 15 is 0 Å². The maximum Gasteiger partial charge on any atom is 0.220 e. The number of nitrogens with zero attached hydrogens (tertiary/aromatic N) is 1. The highest BCUT2D eigenvalue weighted by Gasteiger charge is 2.11. The third kappa shape index (κ3) is 4.80. The molecule has 152 valence electrons. The Morgan fingerprint density at radius 1 is 0.833 bits per heavy atom. The van der Waals surface area contributed by atoms with E-state index in [2.05, 4.69) is 83.7 Å². The number of amides is 1. The molecule has 0 spiro atoms. The first kappa shape index (κ1) is 20.0. The van der Waals surface area contributed by atoms with Crippen LogP contribution >= 0.6 is 0 Å². The Labute approximate surface area is 178 Å². The lowest BCUT2D eigenvalue weighted by Crippen LogP contribution is -2.25. The number of carbonyl (C=O) groups excluding carboxylic acids is 1. The van der Waals surface area contributed by atoms with Crippen molar-refractivity contribution in [2.75, 3.05) is 6.54 Å². The lowest BCUT2D eigenvalue weighted by molar-refractivity contribution is -0.121. The summed E-state index contributed by atoms with van der Waals surface area (Å²) in [5.74, 6) is 0.113. The minimum Gasteiger partial charge on any atom is -0.356 e. The SMILES string of the molecule is Cc1ccccc1Cn1cc(CCC(=O)NCCc2ccccc2)c2ccccc21. The predicted octanol–water partition coefficient (Wildman–Crippen LogP) is 5.29. The molecule has 1 N–H and O–H groups in total. The molecule has 1 amide bonds. The normalized spacial score (nSPS) is 11.0. The summed E-state index contributed by atoms with van der Waals surface area (Å²) < 4.78 is 2.31. The highest BCUT2D eigenvalue weighted by Crippen LogP contribution is 2.24. The van der Waals surface area contributed by atoms with E-state index < -0.39 is 0 Å². The number of aryl methyl sites for hydroxylation is 2. The summed E-state index contributed by atoms with van der Waals surface area (Å²) in [6, 6.07) is 27.2. The van der Waals surface area contributed by atoms with Gasteiger partial charge in [-0.1, -0.05) is 72.8 Å². The molecule has 0 saturated heterocycles. The number of nitrogens with one attached hydrogen (secondary N) is 1. The predicted molar refractivity (Wildman–Crippen MR) is 124 cm³/mol. The maximum absolute atomic E-state index is 12.4. The second-order valence-electron chi connectivity index (χ2n) is 7.81. The van der Waals surface area contributed by atoms with E-state index in [-0.39, 0.29) is 5.91 Å². The van der Waals surface area contributed by atoms with Crippen molar-refractivity contribution in [3.63, 3.8) is 0 Å². The molecular formula is C27H28N2O. The van der Waals surface area contributed by atoms with Crippen molar-refractivity contribution in [2.24, 2.45) is 0 Å². The Hall–Kier alpha value is -3.33. The fourth-order valence-corrected chi connectivity index (χ4v) is 3.95. The van der Waals surface area contributed by atoms with Gasteiger partial charge in [0.05, 0.1) is 0 Å². The van der Waals surface area contributed by atoms with Gasteiger partial charge in [0.15, 0.2) is 0 Å². The fraction of sp³-hybridized carbons (Fsp3) is 0.222. The van der Waals surface area contributed by atoms with Gasteiger partial charge < -0.3 is 9.88 Å². The maximum atomic E-state index is 12.4. The number of hydrogen-bond acceptors (Lipinski definition) is 1. The van der Waals surface area contributed by atoms with Crippen LogP contribution in [0.3, 0.4) is 0 Å². The molecule has 3 aromatic carbocycles. The first-order valence-corrected chi connectivity index (χ1v) is 10.6. The summed E-state index contributed by atoms with van der Waals surface area (Å²) in [6.45, 7) is 3.68. The minimum absolute atomic E-state index is 0.113. The van der Waals surface area contributed by atoms with Crippen LogP contribution in [0.4, 0.5) is 0 Å². The standard InChI is InChI=1S/C27H28N2O/c1-21-9-5-6-12-23(21)19-29-20-24(25-13-7-8-14-26(25)29)15-16-27(30)28-18-17-22-10-3-2-4-11-22/h2-14,20H,15-19H2,1H3,(H,28,30). The quantitative estimate of drug-likeness (QED) is 0.431. The van der Waals surface area contributed by atoms with Crippen LogP contribution in [-0.4, -0.2) is 17.0 Å². The van der Waals surface area contributed by atoms with Crippen molar-refractivity contribution < 1.29 is 4.79 Å². The summed E-state index contributed by atoms with van der Waals surface area (Å²) >= 11 is 0. The van der Waals surface area contributed by atoms with E-state index in [1.807, 2.05) is 18.2 Å². The Morgan fingerprint density at radius 3 is 2.40 bits per heavy atom. The van der Waals surface area contributed by atoms with Gasteiger partial charge in [0.2, 0.25) is 5.91 Å². The van der Waals surface area contributed by atoms with Crippen molar-refractivity contribution in [3.8, 4) is 0 Å². The smallest absolute Gasteiger partial charge is 0.220 e. The monoisotopic (exact) mass is 396 g/mol. The summed E-state index contributed by atoms with van der Waals surface area (Å²) in [5.41, 5.74) is 6.33. The zero-order valence-electron chi connectivity index (χ0n) is 17.5. The van der Waals surface area contributed by atoms with Crippen LogP contribution in [0.1, 0.15) is 28.7 Å². The minimum atomic E-state index is 0.113. The number of hydrogen-bond donors (Lipinski definition) is 1. The molecule has 1 aromatic heterocycles. The van der Waals surface area contributed by atoms with Crippen LogP contribution in [0.15, 0.2) is 85.1 Å². The van der Waals surface area contributed by atoms with Gasteiger partial charge >= 0.3 is 0 Å². The van der Waals surface area contributed by atoms with Gasteiger partial charge in [0.25, 0.3) is 0 Å². The number of carbonyl (C=O) groups is 1. The highest BCUT2D eigenvalue weighted by atomic mass is 16.1. The molecule has 0 aliphatic rings. The molecule has 0 atom stereocenters. The summed E-state index contributed by atoms with van der Waals surface area (Å²) in [4.78, 5) is 12.4. The second kappa shape index (κ2) is 9.45. The van der Waals surface area contributed by atoms with E-state index in [4.69, 9.17) is 0 Å². The molecule has 3 nitrogen and oxygen atoms in total. The lowest BCUT2D eigenvalue weighted by atomic mass is 10.1. The van der Waals surface area contributed by atoms with E-state index in [1.54, 1.807) is 0 Å². The zero-order valence-corrected chi connectivity index (χ0v) is 17.5. The topological polar surface area (TPSA) is 34.0 Å².